The fourth-order valence-corrected chi connectivity index (χ4v) is 3.52. The molecular weight excluding hydrogens is 363 g/mol. The summed E-state index contributed by atoms with van der Waals surface area (Å²) in [4.78, 5) is 11.2. The van der Waals surface area contributed by atoms with E-state index in [4.69, 9.17) is 4.74 Å². The van der Waals surface area contributed by atoms with E-state index in [0.29, 0.717) is 6.42 Å². The van der Waals surface area contributed by atoms with Crippen LogP contribution in [0.1, 0.15) is 90.4 Å². The van der Waals surface area contributed by atoms with Crippen molar-refractivity contribution in [1.29, 1.82) is 0 Å². The molecule has 148 valence electrons. The molecule has 0 saturated carbocycles. The first-order valence-corrected chi connectivity index (χ1v) is 11.2. The fraction of sp³-hybridized carbons (Fsp3) is 0.842. The van der Waals surface area contributed by atoms with Gasteiger partial charge in [-0.2, -0.15) is 0 Å². The van der Waals surface area contributed by atoms with E-state index in [1.165, 1.54) is 57.8 Å². The number of rotatable bonds is 17. The van der Waals surface area contributed by atoms with Gasteiger partial charge in [0, 0.05) is 6.08 Å². The summed E-state index contributed by atoms with van der Waals surface area (Å²) >= 11 is 0. The van der Waals surface area contributed by atoms with Crippen LogP contribution in [-0.4, -0.2) is 30.8 Å². The van der Waals surface area contributed by atoms with Crippen LogP contribution in [0.5, 0.6) is 0 Å². The molecule has 0 aromatic heterocycles. The molecule has 5 nitrogen and oxygen atoms in total. The van der Waals surface area contributed by atoms with Gasteiger partial charge < -0.3 is 9.29 Å². The molecule has 0 aromatic rings. The van der Waals surface area contributed by atoms with Crippen LogP contribution in [0.3, 0.4) is 0 Å². The predicted molar refractivity (Wildman–Crippen MR) is 100 cm³/mol. The van der Waals surface area contributed by atoms with Gasteiger partial charge in [-0.3, -0.25) is 0 Å². The maximum absolute atomic E-state index is 11.2. The fourth-order valence-electron chi connectivity index (χ4n) is 2.83. The molecule has 0 heterocycles. The second-order valence-corrected chi connectivity index (χ2v) is 8.11. The quantitative estimate of drug-likeness (QED) is 0.122. The van der Waals surface area contributed by atoms with Gasteiger partial charge in [0.15, 0.2) is 0 Å². The molecule has 0 spiro atoms. The Labute approximate surface area is 182 Å². The van der Waals surface area contributed by atoms with Crippen molar-refractivity contribution in [2.75, 3.05) is 5.75 Å². The molecule has 0 amide bonds. The average molecular weight is 399 g/mol. The molecule has 0 N–H and O–H groups in total. The standard InChI is InChI=1S/C19H36O5S.Na/c1-3-5-6-7-8-9-10-11-12-13-14-15-16-18(17-25(21,22)23)24-19(20)4-2;/h4,18H,2-3,5-17H2,1H3,(H,21,22,23);/q;+1/p-1. The molecule has 0 radical (unpaired) electrons. The van der Waals surface area contributed by atoms with Crippen molar-refractivity contribution in [3.8, 4) is 0 Å². The average Bonchev–Trinajstić information content (AvgIpc) is 2.54. The summed E-state index contributed by atoms with van der Waals surface area (Å²) in [5, 5.41) is 0. The molecule has 0 aromatic carbocycles. The van der Waals surface area contributed by atoms with Crippen LogP contribution in [-0.2, 0) is 19.6 Å². The molecule has 0 saturated heterocycles. The van der Waals surface area contributed by atoms with Gasteiger partial charge in [-0.25, -0.2) is 13.2 Å². The Kier molecular flexibility index (Phi) is 20.1. The van der Waals surface area contributed by atoms with Crippen molar-refractivity contribution in [3.63, 3.8) is 0 Å². The van der Waals surface area contributed by atoms with E-state index in [0.717, 1.165) is 25.3 Å². The Bertz CT molecular complexity index is 451. The zero-order chi connectivity index (χ0) is 19.0. The molecule has 1 atom stereocenters. The number of carbonyl (C=O) groups excluding carboxylic acids is 1. The molecule has 0 rings (SSSR count). The van der Waals surface area contributed by atoms with Crippen molar-refractivity contribution in [2.24, 2.45) is 0 Å². The first kappa shape index (κ1) is 28.3. The minimum absolute atomic E-state index is 0. The minimum atomic E-state index is -4.40. The number of ether oxygens (including phenoxy) is 1. The third-order valence-corrected chi connectivity index (χ3v) is 5.00. The van der Waals surface area contributed by atoms with Crippen molar-refractivity contribution >= 4 is 16.1 Å². The van der Waals surface area contributed by atoms with Gasteiger partial charge in [-0.15, -0.1) is 0 Å². The van der Waals surface area contributed by atoms with Gasteiger partial charge in [-0.05, 0) is 12.8 Å². The van der Waals surface area contributed by atoms with Crippen molar-refractivity contribution < 1.29 is 52.1 Å². The summed E-state index contributed by atoms with van der Waals surface area (Å²) in [5.74, 6) is -1.35. The first-order chi connectivity index (χ1) is 11.9. The Morgan fingerprint density at radius 1 is 0.962 bits per heavy atom. The van der Waals surface area contributed by atoms with Crippen LogP contribution in [0, 0.1) is 0 Å². The van der Waals surface area contributed by atoms with Gasteiger partial charge in [-0.1, -0.05) is 84.1 Å². The second kappa shape index (κ2) is 18.5. The topological polar surface area (TPSA) is 83.5 Å². The van der Waals surface area contributed by atoms with Crippen LogP contribution >= 0.6 is 0 Å². The molecule has 26 heavy (non-hydrogen) atoms. The Morgan fingerprint density at radius 2 is 1.38 bits per heavy atom. The van der Waals surface area contributed by atoms with Crippen molar-refractivity contribution in [3.05, 3.63) is 12.7 Å². The molecule has 7 heteroatoms. The van der Waals surface area contributed by atoms with Crippen LogP contribution in [0.25, 0.3) is 0 Å². The number of hydrogen-bond donors (Lipinski definition) is 0. The van der Waals surface area contributed by atoms with Gasteiger partial charge in [0.05, 0.1) is 15.9 Å². The van der Waals surface area contributed by atoms with Gasteiger partial charge in [0.1, 0.15) is 6.10 Å². The van der Waals surface area contributed by atoms with E-state index >= 15 is 0 Å². The maximum atomic E-state index is 11.2. The summed E-state index contributed by atoms with van der Waals surface area (Å²) in [7, 11) is -4.40. The smallest absolute Gasteiger partial charge is 0.748 e. The number of unbranched alkanes of at least 4 members (excludes halogenated alkanes) is 11. The third kappa shape index (κ3) is 20.4. The molecule has 0 fully saturated rings. The second-order valence-electron chi connectivity index (χ2n) is 6.67. The molecule has 0 bridgehead atoms. The number of hydrogen-bond acceptors (Lipinski definition) is 5. The largest absolute Gasteiger partial charge is 1.00 e. The molecule has 0 aliphatic heterocycles. The Balaban J connectivity index is 0. The van der Waals surface area contributed by atoms with Crippen molar-refractivity contribution in [2.45, 2.75) is 96.5 Å². The minimum Gasteiger partial charge on any atom is -0.748 e. The van der Waals surface area contributed by atoms with E-state index in [2.05, 4.69) is 13.5 Å². The SMILES string of the molecule is C=CC(=O)OC(CCCCCCCCCCCCCC)CS(=O)(=O)[O-].[Na+]. The zero-order valence-electron chi connectivity index (χ0n) is 16.7. The first-order valence-electron chi connectivity index (χ1n) is 9.65. The van der Waals surface area contributed by atoms with Gasteiger partial charge in [0.25, 0.3) is 0 Å². The van der Waals surface area contributed by atoms with Gasteiger partial charge >= 0.3 is 35.5 Å². The van der Waals surface area contributed by atoms with Crippen LogP contribution in [0.4, 0.5) is 0 Å². The predicted octanol–water partition coefficient (Wildman–Crippen LogP) is 1.72. The molecular formula is C19H35NaO5S. The maximum Gasteiger partial charge on any atom is 1.00 e. The normalized spacial score (nSPS) is 12.2. The summed E-state index contributed by atoms with van der Waals surface area (Å²) in [6.45, 7) is 5.50. The summed E-state index contributed by atoms with van der Waals surface area (Å²) in [6, 6.07) is 0. The van der Waals surface area contributed by atoms with Gasteiger partial charge in [0.2, 0.25) is 0 Å². The van der Waals surface area contributed by atoms with E-state index in [9.17, 15) is 17.8 Å². The number of carbonyl (C=O) groups is 1. The number of esters is 1. The van der Waals surface area contributed by atoms with Crippen LogP contribution in [0.2, 0.25) is 0 Å². The Morgan fingerprint density at radius 3 is 1.77 bits per heavy atom. The van der Waals surface area contributed by atoms with Crippen LogP contribution < -0.4 is 29.6 Å². The summed E-state index contributed by atoms with van der Waals surface area (Å²) < 4.78 is 37.5. The molecule has 1 unspecified atom stereocenters. The van der Waals surface area contributed by atoms with Crippen LogP contribution in [0.15, 0.2) is 12.7 Å². The molecule has 0 aliphatic carbocycles. The third-order valence-electron chi connectivity index (χ3n) is 4.22. The molecule has 0 aliphatic rings. The zero-order valence-corrected chi connectivity index (χ0v) is 19.5. The van der Waals surface area contributed by atoms with E-state index in [-0.39, 0.29) is 29.6 Å². The summed E-state index contributed by atoms with van der Waals surface area (Å²) in [5.41, 5.74) is 0. The van der Waals surface area contributed by atoms with E-state index in [1.54, 1.807) is 0 Å². The van der Waals surface area contributed by atoms with E-state index in [1.807, 2.05) is 0 Å². The van der Waals surface area contributed by atoms with Crippen molar-refractivity contribution in [1.82, 2.24) is 0 Å². The van der Waals surface area contributed by atoms with E-state index < -0.39 is 27.9 Å². The monoisotopic (exact) mass is 398 g/mol. The Hall–Kier alpha value is 0.120. The summed E-state index contributed by atoms with van der Waals surface area (Å²) in [6.07, 6.45) is 15.0.